The van der Waals surface area contributed by atoms with Crippen molar-refractivity contribution < 1.29 is 19.1 Å². The van der Waals surface area contributed by atoms with Crippen LogP contribution in [-0.4, -0.2) is 35.7 Å². The molecular formula is C29H26ClN3O4. The molecule has 7 nitrogen and oxygen atoms in total. The van der Waals surface area contributed by atoms with E-state index in [4.69, 9.17) is 16.3 Å². The first-order valence-electron chi connectivity index (χ1n) is 12.3. The van der Waals surface area contributed by atoms with Crippen LogP contribution in [0.1, 0.15) is 36.0 Å². The number of hydrogen-bond acceptors (Lipinski definition) is 5. The molecule has 0 aromatic heterocycles. The second-order valence-electron chi connectivity index (χ2n) is 8.95. The van der Waals surface area contributed by atoms with Crippen LogP contribution in [0.4, 0.5) is 11.4 Å². The van der Waals surface area contributed by atoms with Gasteiger partial charge in [-0.3, -0.25) is 14.4 Å². The van der Waals surface area contributed by atoms with Crippen LogP contribution >= 0.6 is 11.6 Å². The number of benzene rings is 3. The molecule has 2 heterocycles. The van der Waals surface area contributed by atoms with Crippen molar-refractivity contribution in [1.29, 1.82) is 0 Å². The van der Waals surface area contributed by atoms with E-state index < -0.39 is 11.8 Å². The van der Waals surface area contributed by atoms with Crippen LogP contribution in [0.15, 0.2) is 89.6 Å². The molecule has 3 amide bonds. The zero-order chi connectivity index (χ0) is 25.8. The van der Waals surface area contributed by atoms with Crippen molar-refractivity contribution in [2.75, 3.05) is 23.3 Å². The monoisotopic (exact) mass is 515 g/mol. The number of amides is 3. The summed E-state index contributed by atoms with van der Waals surface area (Å²) in [4.78, 5) is 41.7. The molecule has 5 rings (SSSR count). The quantitative estimate of drug-likeness (QED) is 0.411. The first-order valence-corrected chi connectivity index (χ1v) is 12.7. The third-order valence-corrected chi connectivity index (χ3v) is 6.75. The minimum atomic E-state index is -0.612. The summed E-state index contributed by atoms with van der Waals surface area (Å²) in [6.07, 6.45) is 4.34. The van der Waals surface area contributed by atoms with Gasteiger partial charge in [0.2, 0.25) is 0 Å². The Morgan fingerprint density at radius 1 is 0.757 bits per heavy atom. The molecule has 0 unspecified atom stereocenters. The molecule has 37 heavy (non-hydrogen) atoms. The molecule has 1 N–H and O–H groups in total. The van der Waals surface area contributed by atoms with Crippen molar-refractivity contribution in [3.8, 4) is 11.5 Å². The molecule has 1 saturated heterocycles. The van der Waals surface area contributed by atoms with Crippen LogP contribution in [0.3, 0.4) is 0 Å². The van der Waals surface area contributed by atoms with Crippen molar-refractivity contribution in [3.05, 3.63) is 95.2 Å². The normalized spacial score (nSPS) is 16.1. The Kier molecular flexibility index (Phi) is 7.23. The summed E-state index contributed by atoms with van der Waals surface area (Å²) in [6.45, 7) is 1.54. The van der Waals surface area contributed by atoms with Gasteiger partial charge in [0.25, 0.3) is 17.7 Å². The van der Waals surface area contributed by atoms with Crippen molar-refractivity contribution in [2.45, 2.75) is 25.7 Å². The molecule has 2 aliphatic heterocycles. The fourth-order valence-electron chi connectivity index (χ4n) is 4.43. The maximum Gasteiger partial charge on any atom is 0.283 e. The Morgan fingerprint density at radius 3 is 2.03 bits per heavy atom. The molecule has 0 bridgehead atoms. The Bertz CT molecular complexity index is 1330. The number of carbonyl (C=O) groups excluding carboxylic acids is 3. The number of ether oxygens (including phenoxy) is 1. The van der Waals surface area contributed by atoms with E-state index in [1.54, 1.807) is 48.5 Å². The first-order chi connectivity index (χ1) is 18.0. The fourth-order valence-corrected chi connectivity index (χ4v) is 4.64. The molecule has 8 heteroatoms. The van der Waals surface area contributed by atoms with Gasteiger partial charge >= 0.3 is 0 Å². The molecule has 2 aliphatic rings. The van der Waals surface area contributed by atoms with Crippen LogP contribution in [0.2, 0.25) is 0 Å². The zero-order valence-electron chi connectivity index (χ0n) is 20.2. The Hall–Kier alpha value is -4.10. The van der Waals surface area contributed by atoms with Crippen molar-refractivity contribution in [1.82, 2.24) is 4.90 Å². The molecule has 3 aromatic carbocycles. The predicted octanol–water partition coefficient (Wildman–Crippen LogP) is 5.93. The molecule has 1 fully saturated rings. The van der Waals surface area contributed by atoms with Crippen molar-refractivity contribution >= 4 is 40.7 Å². The van der Waals surface area contributed by atoms with E-state index in [0.717, 1.165) is 43.7 Å². The highest BCUT2D eigenvalue weighted by atomic mass is 35.5. The van der Waals surface area contributed by atoms with Gasteiger partial charge in [0.05, 0.1) is 5.69 Å². The largest absolute Gasteiger partial charge is 0.457 e. The number of imide groups is 1. The number of nitrogens with one attached hydrogen (secondary N) is 1. The molecule has 0 atom stereocenters. The lowest BCUT2D eigenvalue weighted by molar-refractivity contribution is -0.120. The van der Waals surface area contributed by atoms with Crippen LogP contribution in [-0.2, 0) is 9.59 Å². The van der Waals surface area contributed by atoms with Gasteiger partial charge in [0, 0.05) is 24.3 Å². The minimum Gasteiger partial charge on any atom is -0.457 e. The smallest absolute Gasteiger partial charge is 0.283 e. The SMILES string of the molecule is O=C(c1ccc(NC2=C(Cl)C(=O)N(c3ccc(Oc4ccccc4)cc3)C2=O)cc1)N1CCCCCC1. The van der Waals surface area contributed by atoms with E-state index in [9.17, 15) is 14.4 Å². The average molecular weight is 516 g/mol. The zero-order valence-corrected chi connectivity index (χ0v) is 20.9. The maximum atomic E-state index is 13.1. The number of hydrogen-bond donors (Lipinski definition) is 1. The van der Waals surface area contributed by atoms with Gasteiger partial charge in [-0.1, -0.05) is 42.6 Å². The predicted molar refractivity (Wildman–Crippen MR) is 143 cm³/mol. The van der Waals surface area contributed by atoms with E-state index >= 15 is 0 Å². The van der Waals surface area contributed by atoms with E-state index in [0.29, 0.717) is 28.4 Å². The Balaban J connectivity index is 1.26. The highest BCUT2D eigenvalue weighted by Gasteiger charge is 2.39. The third-order valence-electron chi connectivity index (χ3n) is 6.40. The molecule has 0 radical (unpaired) electrons. The lowest BCUT2D eigenvalue weighted by Crippen LogP contribution is -2.32. The van der Waals surface area contributed by atoms with E-state index in [1.165, 1.54) is 0 Å². The summed E-state index contributed by atoms with van der Waals surface area (Å²) in [7, 11) is 0. The molecule has 0 aliphatic carbocycles. The van der Waals surface area contributed by atoms with Gasteiger partial charge in [0.1, 0.15) is 22.2 Å². The summed E-state index contributed by atoms with van der Waals surface area (Å²) in [5.41, 5.74) is 1.50. The standard InChI is InChI=1S/C29H26ClN3O4/c30-25-26(31-21-12-10-20(11-13-21)27(34)32-18-6-1-2-7-19-32)29(36)33(28(25)35)22-14-16-24(17-15-22)37-23-8-4-3-5-9-23/h3-5,8-17,31H,1-2,6-7,18-19H2. The van der Waals surface area contributed by atoms with Gasteiger partial charge in [-0.15, -0.1) is 0 Å². The molecule has 188 valence electrons. The lowest BCUT2D eigenvalue weighted by atomic mass is 10.1. The lowest BCUT2D eigenvalue weighted by Gasteiger charge is -2.20. The fraction of sp³-hybridized carbons (Fsp3) is 0.207. The Labute approximate surface area is 220 Å². The van der Waals surface area contributed by atoms with Crippen LogP contribution in [0, 0.1) is 0 Å². The maximum absolute atomic E-state index is 13.1. The average Bonchev–Trinajstić information content (AvgIpc) is 3.12. The van der Waals surface area contributed by atoms with E-state index in [1.807, 2.05) is 35.2 Å². The number of anilines is 2. The number of halogens is 1. The first kappa shape index (κ1) is 24.6. The van der Waals surface area contributed by atoms with Gasteiger partial charge in [-0.2, -0.15) is 0 Å². The summed E-state index contributed by atoms with van der Waals surface area (Å²) in [5.74, 6) is 0.0826. The third kappa shape index (κ3) is 5.37. The number of rotatable bonds is 6. The molecule has 0 spiro atoms. The molecule has 0 saturated carbocycles. The molecular weight excluding hydrogens is 490 g/mol. The van der Waals surface area contributed by atoms with Crippen molar-refractivity contribution in [3.63, 3.8) is 0 Å². The van der Waals surface area contributed by atoms with Gasteiger partial charge < -0.3 is 15.0 Å². The number of likely N-dealkylation sites (tertiary alicyclic amines) is 1. The van der Waals surface area contributed by atoms with Gasteiger partial charge in [-0.25, -0.2) is 4.90 Å². The van der Waals surface area contributed by atoms with Crippen LogP contribution in [0.25, 0.3) is 0 Å². The summed E-state index contributed by atoms with van der Waals surface area (Å²) >= 11 is 6.28. The number of carbonyl (C=O) groups is 3. The van der Waals surface area contributed by atoms with Gasteiger partial charge in [-0.05, 0) is 73.5 Å². The van der Waals surface area contributed by atoms with E-state index in [2.05, 4.69) is 5.32 Å². The summed E-state index contributed by atoms with van der Waals surface area (Å²) in [5, 5.41) is 2.76. The van der Waals surface area contributed by atoms with Crippen LogP contribution in [0.5, 0.6) is 11.5 Å². The van der Waals surface area contributed by atoms with Crippen LogP contribution < -0.4 is 15.0 Å². The van der Waals surface area contributed by atoms with Crippen molar-refractivity contribution in [2.24, 2.45) is 0 Å². The van der Waals surface area contributed by atoms with Gasteiger partial charge in [0.15, 0.2) is 0 Å². The summed E-state index contributed by atoms with van der Waals surface area (Å²) < 4.78 is 5.78. The second kappa shape index (κ2) is 10.9. The highest BCUT2D eigenvalue weighted by molar-refractivity contribution is 6.53. The Morgan fingerprint density at radius 2 is 1.38 bits per heavy atom. The highest BCUT2D eigenvalue weighted by Crippen LogP contribution is 2.32. The number of nitrogens with zero attached hydrogens (tertiary/aromatic N) is 2. The van der Waals surface area contributed by atoms with E-state index in [-0.39, 0.29) is 16.6 Å². The molecule has 3 aromatic rings. The number of para-hydroxylation sites is 1. The summed E-state index contributed by atoms with van der Waals surface area (Å²) in [6, 6.07) is 22.8. The topological polar surface area (TPSA) is 79.0 Å². The second-order valence-corrected chi connectivity index (χ2v) is 9.33. The minimum absolute atomic E-state index is 0.00341.